The van der Waals surface area contributed by atoms with Gasteiger partial charge in [-0.2, -0.15) is 0 Å². The van der Waals surface area contributed by atoms with Crippen molar-refractivity contribution in [2.24, 2.45) is 0 Å². The van der Waals surface area contributed by atoms with Gasteiger partial charge in [0.15, 0.2) is 6.04 Å². The van der Waals surface area contributed by atoms with Crippen molar-refractivity contribution in [2.45, 2.75) is 25.8 Å². The van der Waals surface area contributed by atoms with Gasteiger partial charge in [-0.3, -0.25) is 14.6 Å². The Hall–Kier alpha value is -3.42. The quantitative estimate of drug-likeness (QED) is 0.465. The first-order valence-corrected chi connectivity index (χ1v) is 11.5. The second-order valence-corrected chi connectivity index (χ2v) is 9.04. The van der Waals surface area contributed by atoms with Gasteiger partial charge in [0.2, 0.25) is 5.91 Å². The fraction of sp³-hybridized carbons (Fsp3) is 0.200. The maximum absolute atomic E-state index is 12.9. The maximum Gasteiger partial charge on any atom is 0.292 e. The molecule has 0 spiro atoms. The average Bonchev–Trinajstić information content (AvgIpc) is 3.34. The van der Waals surface area contributed by atoms with E-state index >= 15 is 0 Å². The topological polar surface area (TPSA) is 79.8 Å². The van der Waals surface area contributed by atoms with Crippen LogP contribution in [-0.4, -0.2) is 34.4 Å². The molecule has 1 saturated heterocycles. The molecule has 1 fully saturated rings. The van der Waals surface area contributed by atoms with Crippen LogP contribution in [-0.2, 0) is 16.0 Å². The molecule has 5 rings (SSSR count). The van der Waals surface area contributed by atoms with Crippen LogP contribution in [0, 0.1) is 6.92 Å². The highest BCUT2D eigenvalue weighted by atomic mass is 32.1. The van der Waals surface area contributed by atoms with E-state index < -0.39 is 0 Å². The molecular weight excluding hydrogens is 420 g/mol. The molecular formula is C25H23N4O2S+. The number of fused-ring (bicyclic) bond motifs is 1. The first kappa shape index (κ1) is 20.5. The van der Waals surface area contributed by atoms with E-state index in [4.69, 9.17) is 4.98 Å². The number of quaternary nitrogens is 1. The Balaban J connectivity index is 1.27. The van der Waals surface area contributed by atoms with Crippen LogP contribution in [0.4, 0.5) is 5.69 Å². The summed E-state index contributed by atoms with van der Waals surface area (Å²) in [6, 6.07) is 19.2. The minimum absolute atomic E-state index is 0.153. The highest BCUT2D eigenvalue weighted by Crippen LogP contribution is 2.32. The van der Waals surface area contributed by atoms with Crippen LogP contribution in [0.2, 0.25) is 0 Å². The van der Waals surface area contributed by atoms with Crippen LogP contribution in [0.1, 0.15) is 17.7 Å². The van der Waals surface area contributed by atoms with E-state index in [9.17, 15) is 9.59 Å². The number of hydrogen-bond donors (Lipinski definition) is 1. The van der Waals surface area contributed by atoms with Gasteiger partial charge in [-0.15, -0.1) is 11.3 Å². The van der Waals surface area contributed by atoms with Gasteiger partial charge in [-0.25, -0.2) is 9.88 Å². The Bertz CT molecular complexity index is 1280. The molecule has 0 aliphatic carbocycles. The maximum atomic E-state index is 12.9. The van der Waals surface area contributed by atoms with Gasteiger partial charge >= 0.3 is 0 Å². The van der Waals surface area contributed by atoms with E-state index in [0.717, 1.165) is 32.9 Å². The van der Waals surface area contributed by atoms with Crippen molar-refractivity contribution in [2.75, 3.05) is 11.4 Å². The molecule has 0 saturated carbocycles. The number of carbonyl (C=O) groups excluding carboxylic acids is 2. The normalized spacial score (nSPS) is 16.3. The predicted octanol–water partition coefficient (Wildman–Crippen LogP) is 3.10. The highest BCUT2D eigenvalue weighted by molar-refractivity contribution is 7.21. The molecule has 2 amide bonds. The Kier molecular flexibility index (Phi) is 5.51. The number of carbonyl (C=O) groups is 2. The first-order valence-electron chi connectivity index (χ1n) is 10.7. The summed E-state index contributed by atoms with van der Waals surface area (Å²) in [5, 5.41) is 2.88. The minimum Gasteiger partial charge on any atom is -0.335 e. The predicted molar refractivity (Wildman–Crippen MR) is 125 cm³/mol. The van der Waals surface area contributed by atoms with Crippen molar-refractivity contribution >= 4 is 39.1 Å². The number of pyridine rings is 1. The molecule has 2 aromatic carbocycles. The van der Waals surface area contributed by atoms with E-state index in [1.54, 1.807) is 17.5 Å². The van der Waals surface area contributed by atoms with Crippen molar-refractivity contribution in [1.82, 2.24) is 9.97 Å². The second kappa shape index (κ2) is 8.61. The number of nitrogens with two attached hydrogens (primary N) is 1. The zero-order valence-electron chi connectivity index (χ0n) is 17.7. The summed E-state index contributed by atoms with van der Waals surface area (Å²) >= 11 is 1.64. The Morgan fingerprint density at radius 3 is 2.72 bits per heavy atom. The monoisotopic (exact) mass is 443 g/mol. The molecule has 7 heteroatoms. The third-order valence-electron chi connectivity index (χ3n) is 5.68. The van der Waals surface area contributed by atoms with Crippen molar-refractivity contribution < 1.29 is 14.9 Å². The molecule has 2 aromatic heterocycles. The first-order chi connectivity index (χ1) is 15.6. The summed E-state index contributed by atoms with van der Waals surface area (Å²) in [4.78, 5) is 35.8. The fourth-order valence-corrected chi connectivity index (χ4v) is 5.07. The molecule has 0 unspecified atom stereocenters. The van der Waals surface area contributed by atoms with Gasteiger partial charge < -0.3 is 5.32 Å². The van der Waals surface area contributed by atoms with Crippen LogP contribution in [0.5, 0.6) is 0 Å². The SMILES string of the molecule is Cc1ccc2nc(-c3ccc(N4C(=O)C[C@@H]([NH2+]CCc5ccccn5)C4=O)cc3)sc2c1. The Labute approximate surface area is 189 Å². The third-order valence-corrected chi connectivity index (χ3v) is 6.74. The van der Waals surface area contributed by atoms with Crippen molar-refractivity contribution in [3.63, 3.8) is 0 Å². The summed E-state index contributed by atoms with van der Waals surface area (Å²) in [7, 11) is 0. The number of benzene rings is 2. The van der Waals surface area contributed by atoms with Crippen LogP contribution in [0.15, 0.2) is 66.9 Å². The molecule has 6 nitrogen and oxygen atoms in total. The molecule has 160 valence electrons. The lowest BCUT2D eigenvalue weighted by atomic mass is 10.2. The number of amides is 2. The van der Waals surface area contributed by atoms with Crippen LogP contribution in [0.3, 0.4) is 0 Å². The molecule has 4 aromatic rings. The molecule has 3 heterocycles. The summed E-state index contributed by atoms with van der Waals surface area (Å²) < 4.78 is 1.15. The third kappa shape index (κ3) is 4.04. The van der Waals surface area contributed by atoms with E-state index in [1.807, 2.05) is 53.8 Å². The van der Waals surface area contributed by atoms with Crippen LogP contribution in [0.25, 0.3) is 20.8 Å². The standard InChI is InChI=1S/C25H22N4O2S/c1-16-5-10-20-22(14-16)32-24(28-20)17-6-8-19(9-7-17)29-23(30)15-21(25(29)31)27-13-11-18-4-2-3-12-26-18/h2-10,12,14,21,27H,11,13,15H2,1H3/p+1/t21-/m1/s1. The number of aryl methyl sites for hydroxylation is 1. The largest absolute Gasteiger partial charge is 0.335 e. The zero-order valence-corrected chi connectivity index (χ0v) is 18.5. The Morgan fingerprint density at radius 1 is 1.09 bits per heavy atom. The number of thiazole rings is 1. The Morgan fingerprint density at radius 2 is 1.94 bits per heavy atom. The second-order valence-electron chi connectivity index (χ2n) is 8.01. The smallest absolute Gasteiger partial charge is 0.292 e. The van der Waals surface area contributed by atoms with Gasteiger partial charge in [0.1, 0.15) is 5.01 Å². The number of imide groups is 1. The van der Waals surface area contributed by atoms with Gasteiger partial charge in [0, 0.05) is 23.9 Å². The molecule has 2 N–H and O–H groups in total. The fourth-order valence-electron chi connectivity index (χ4n) is 4.00. The van der Waals surface area contributed by atoms with Crippen molar-refractivity contribution in [1.29, 1.82) is 0 Å². The number of anilines is 1. The van der Waals surface area contributed by atoms with Gasteiger partial charge in [0.05, 0.1) is 28.9 Å². The molecule has 1 aliphatic rings. The van der Waals surface area contributed by atoms with Crippen LogP contribution >= 0.6 is 11.3 Å². The molecule has 32 heavy (non-hydrogen) atoms. The molecule has 1 aliphatic heterocycles. The lowest BCUT2D eigenvalue weighted by molar-refractivity contribution is -0.674. The lowest BCUT2D eigenvalue weighted by Gasteiger charge is -2.14. The zero-order chi connectivity index (χ0) is 22.1. The molecule has 0 radical (unpaired) electrons. The van der Waals surface area contributed by atoms with E-state index in [2.05, 4.69) is 24.0 Å². The number of nitrogens with zero attached hydrogens (tertiary/aromatic N) is 3. The van der Waals surface area contributed by atoms with E-state index in [-0.39, 0.29) is 24.3 Å². The van der Waals surface area contributed by atoms with Gasteiger partial charge in [0.25, 0.3) is 5.91 Å². The molecule has 1 atom stereocenters. The van der Waals surface area contributed by atoms with Crippen molar-refractivity contribution in [3.8, 4) is 10.6 Å². The summed E-state index contributed by atoms with van der Waals surface area (Å²) in [5.74, 6) is -0.309. The number of rotatable bonds is 6. The summed E-state index contributed by atoms with van der Waals surface area (Å²) in [5.41, 5.74) is 4.76. The number of hydrogen-bond acceptors (Lipinski definition) is 5. The van der Waals surface area contributed by atoms with E-state index in [0.29, 0.717) is 12.2 Å². The summed E-state index contributed by atoms with van der Waals surface area (Å²) in [6.45, 7) is 2.78. The van der Waals surface area contributed by atoms with Crippen LogP contribution < -0.4 is 10.2 Å². The van der Waals surface area contributed by atoms with Crippen molar-refractivity contribution in [3.05, 3.63) is 78.1 Å². The summed E-state index contributed by atoms with van der Waals surface area (Å²) in [6.07, 6.45) is 2.75. The highest BCUT2D eigenvalue weighted by Gasteiger charge is 2.42. The number of aromatic nitrogens is 2. The van der Waals surface area contributed by atoms with Gasteiger partial charge in [-0.1, -0.05) is 12.1 Å². The minimum atomic E-state index is -0.376. The average molecular weight is 444 g/mol. The van der Waals surface area contributed by atoms with Gasteiger partial charge in [-0.05, 0) is 61.0 Å². The van der Waals surface area contributed by atoms with E-state index in [1.165, 1.54) is 10.5 Å². The molecule has 0 bridgehead atoms. The lowest BCUT2D eigenvalue weighted by Crippen LogP contribution is -2.92.